The molecule has 3 heterocycles. The summed E-state index contributed by atoms with van der Waals surface area (Å²) in [4.78, 5) is 36.6. The van der Waals surface area contributed by atoms with Gasteiger partial charge in [0.1, 0.15) is 11.4 Å². The third kappa shape index (κ3) is 5.56. The molecule has 1 aromatic carbocycles. The first-order chi connectivity index (χ1) is 16.1. The average molecular weight is 475 g/mol. The van der Waals surface area contributed by atoms with E-state index in [2.05, 4.69) is 9.97 Å². The Balaban J connectivity index is 1.27. The molecule has 0 unspecified atom stereocenters. The van der Waals surface area contributed by atoms with Crippen molar-refractivity contribution in [3.63, 3.8) is 0 Å². The Bertz CT molecular complexity index is 1030. The summed E-state index contributed by atoms with van der Waals surface area (Å²) in [5.74, 6) is -0.703. The van der Waals surface area contributed by atoms with E-state index in [4.69, 9.17) is 4.74 Å². The smallest absolute Gasteiger partial charge is 0.410 e. The highest BCUT2D eigenvalue weighted by atomic mass is 19.2. The van der Waals surface area contributed by atoms with E-state index in [0.29, 0.717) is 50.3 Å². The van der Waals surface area contributed by atoms with Gasteiger partial charge >= 0.3 is 6.09 Å². The molecule has 2 aromatic rings. The molecule has 9 heteroatoms. The Morgan fingerprint density at radius 3 is 2.26 bits per heavy atom. The third-order valence-electron chi connectivity index (χ3n) is 6.52. The van der Waals surface area contributed by atoms with Crippen molar-refractivity contribution in [2.45, 2.75) is 58.0 Å². The molecule has 7 nitrogen and oxygen atoms in total. The SMILES string of the molecule is CC(C)(C)OC(=O)N1CCC(C(=O)N2CCC(c3ncc(-c4ccc(F)c(F)c4)[nH]3)CC2)CC1. The fourth-order valence-electron chi connectivity index (χ4n) is 4.62. The van der Waals surface area contributed by atoms with Crippen LogP contribution in [0.25, 0.3) is 11.3 Å². The van der Waals surface area contributed by atoms with Crippen molar-refractivity contribution in [3.05, 3.63) is 41.9 Å². The summed E-state index contributed by atoms with van der Waals surface area (Å²) in [6, 6.07) is 3.78. The second kappa shape index (κ2) is 9.72. The van der Waals surface area contributed by atoms with Gasteiger partial charge in [-0.3, -0.25) is 4.79 Å². The summed E-state index contributed by atoms with van der Waals surface area (Å²) in [6.07, 6.45) is 4.18. The highest BCUT2D eigenvalue weighted by Gasteiger charge is 2.34. The normalized spacial score (nSPS) is 18.3. The van der Waals surface area contributed by atoms with Gasteiger partial charge in [-0.2, -0.15) is 0 Å². The molecule has 0 saturated carbocycles. The van der Waals surface area contributed by atoms with Gasteiger partial charge < -0.3 is 19.5 Å². The number of nitrogens with zero attached hydrogens (tertiary/aromatic N) is 3. The number of nitrogens with one attached hydrogen (secondary N) is 1. The lowest BCUT2D eigenvalue weighted by molar-refractivity contribution is -0.138. The van der Waals surface area contributed by atoms with Gasteiger partial charge in [0.15, 0.2) is 11.6 Å². The Kier molecular flexibility index (Phi) is 6.91. The highest BCUT2D eigenvalue weighted by Crippen LogP contribution is 2.30. The number of rotatable bonds is 3. The predicted molar refractivity (Wildman–Crippen MR) is 123 cm³/mol. The number of likely N-dealkylation sites (tertiary alicyclic amines) is 2. The van der Waals surface area contributed by atoms with E-state index < -0.39 is 17.2 Å². The summed E-state index contributed by atoms with van der Waals surface area (Å²) in [5.41, 5.74) is 0.657. The molecule has 1 aromatic heterocycles. The van der Waals surface area contributed by atoms with Gasteiger partial charge in [-0.05, 0) is 64.7 Å². The number of halogens is 2. The molecule has 0 spiro atoms. The number of aromatic amines is 1. The molecule has 2 aliphatic heterocycles. The fraction of sp³-hybridized carbons (Fsp3) is 0.560. The van der Waals surface area contributed by atoms with Crippen molar-refractivity contribution in [1.82, 2.24) is 19.8 Å². The van der Waals surface area contributed by atoms with Crippen LogP contribution in [0, 0.1) is 17.6 Å². The number of aromatic nitrogens is 2. The van der Waals surface area contributed by atoms with Crippen LogP contribution in [0.2, 0.25) is 0 Å². The van der Waals surface area contributed by atoms with Crippen LogP contribution in [0.1, 0.15) is 58.2 Å². The average Bonchev–Trinajstić information content (AvgIpc) is 3.30. The zero-order valence-corrected chi connectivity index (χ0v) is 19.9. The van der Waals surface area contributed by atoms with Crippen LogP contribution >= 0.6 is 0 Å². The predicted octanol–water partition coefficient (Wildman–Crippen LogP) is 4.71. The first-order valence-corrected chi connectivity index (χ1v) is 11.9. The summed E-state index contributed by atoms with van der Waals surface area (Å²) < 4.78 is 32.2. The number of amides is 2. The quantitative estimate of drug-likeness (QED) is 0.699. The standard InChI is InChI=1S/C25H32F2N4O3/c1-25(2,3)34-24(33)31-12-8-17(9-13-31)23(32)30-10-6-16(7-11-30)22-28-15-21(29-22)18-4-5-19(26)20(27)14-18/h4-5,14-17H,6-13H2,1-3H3,(H,28,29). The van der Waals surface area contributed by atoms with Gasteiger partial charge in [0.05, 0.1) is 11.9 Å². The van der Waals surface area contributed by atoms with Gasteiger partial charge in [0, 0.05) is 43.6 Å². The van der Waals surface area contributed by atoms with Crippen molar-refractivity contribution >= 4 is 12.0 Å². The van der Waals surface area contributed by atoms with Crippen LogP contribution < -0.4 is 0 Å². The Morgan fingerprint density at radius 2 is 1.65 bits per heavy atom. The Morgan fingerprint density at radius 1 is 1.00 bits per heavy atom. The summed E-state index contributed by atoms with van der Waals surface area (Å²) in [5, 5.41) is 0. The molecule has 1 N–H and O–H groups in total. The summed E-state index contributed by atoms with van der Waals surface area (Å²) in [7, 11) is 0. The molecule has 2 saturated heterocycles. The van der Waals surface area contributed by atoms with E-state index in [0.717, 1.165) is 30.8 Å². The second-order valence-corrected chi connectivity index (χ2v) is 10.2. The maximum absolute atomic E-state index is 13.6. The van der Waals surface area contributed by atoms with Crippen LogP contribution in [0.4, 0.5) is 13.6 Å². The van der Waals surface area contributed by atoms with E-state index in [-0.39, 0.29) is 23.8 Å². The molecule has 0 atom stereocenters. The summed E-state index contributed by atoms with van der Waals surface area (Å²) in [6.45, 7) is 7.89. The van der Waals surface area contributed by atoms with Crippen molar-refractivity contribution < 1.29 is 23.1 Å². The van der Waals surface area contributed by atoms with Gasteiger partial charge in [0.2, 0.25) is 5.91 Å². The first-order valence-electron chi connectivity index (χ1n) is 11.9. The minimum atomic E-state index is -0.891. The first kappa shape index (κ1) is 24.2. The maximum atomic E-state index is 13.6. The molecular formula is C25H32F2N4O3. The van der Waals surface area contributed by atoms with Crippen molar-refractivity contribution in [2.24, 2.45) is 5.92 Å². The highest BCUT2D eigenvalue weighted by molar-refractivity contribution is 5.79. The number of imidazole rings is 1. The molecule has 34 heavy (non-hydrogen) atoms. The van der Waals surface area contributed by atoms with E-state index in [9.17, 15) is 18.4 Å². The lowest BCUT2D eigenvalue weighted by atomic mass is 9.92. The number of hydrogen-bond acceptors (Lipinski definition) is 4. The number of piperidine rings is 2. The number of H-pyrrole nitrogens is 1. The Labute approximate surface area is 198 Å². The molecule has 2 amide bonds. The molecule has 0 bridgehead atoms. The third-order valence-corrected chi connectivity index (χ3v) is 6.52. The topological polar surface area (TPSA) is 78.5 Å². The van der Waals surface area contributed by atoms with E-state index in [1.165, 1.54) is 6.07 Å². The maximum Gasteiger partial charge on any atom is 0.410 e. The number of carbonyl (C=O) groups is 2. The molecule has 4 rings (SSSR count). The lowest BCUT2D eigenvalue weighted by Crippen LogP contribution is -2.47. The van der Waals surface area contributed by atoms with Crippen molar-refractivity contribution in [2.75, 3.05) is 26.2 Å². The van der Waals surface area contributed by atoms with Crippen LogP contribution in [0.3, 0.4) is 0 Å². The molecule has 0 radical (unpaired) electrons. The Hall–Kier alpha value is -2.97. The van der Waals surface area contributed by atoms with Gasteiger partial charge in [-0.1, -0.05) is 0 Å². The monoisotopic (exact) mass is 474 g/mol. The van der Waals surface area contributed by atoms with Gasteiger partial charge in [-0.25, -0.2) is 18.6 Å². The van der Waals surface area contributed by atoms with Gasteiger partial charge in [0.25, 0.3) is 0 Å². The second-order valence-electron chi connectivity index (χ2n) is 10.2. The van der Waals surface area contributed by atoms with Crippen LogP contribution in [0.5, 0.6) is 0 Å². The lowest BCUT2D eigenvalue weighted by Gasteiger charge is -2.37. The van der Waals surface area contributed by atoms with Crippen LogP contribution in [-0.4, -0.2) is 63.5 Å². The van der Waals surface area contributed by atoms with E-state index >= 15 is 0 Å². The van der Waals surface area contributed by atoms with Crippen LogP contribution in [0.15, 0.2) is 24.4 Å². The number of ether oxygens (including phenoxy) is 1. The van der Waals surface area contributed by atoms with Gasteiger partial charge in [-0.15, -0.1) is 0 Å². The fourth-order valence-corrected chi connectivity index (χ4v) is 4.62. The molecule has 2 aliphatic rings. The van der Waals surface area contributed by atoms with Crippen molar-refractivity contribution in [3.8, 4) is 11.3 Å². The van der Waals surface area contributed by atoms with E-state index in [1.807, 2.05) is 25.7 Å². The molecular weight excluding hydrogens is 442 g/mol. The molecule has 2 fully saturated rings. The summed E-state index contributed by atoms with van der Waals surface area (Å²) >= 11 is 0. The van der Waals surface area contributed by atoms with Crippen LogP contribution in [-0.2, 0) is 9.53 Å². The minimum absolute atomic E-state index is 0.0705. The minimum Gasteiger partial charge on any atom is -0.444 e. The van der Waals surface area contributed by atoms with E-state index in [1.54, 1.807) is 11.1 Å². The zero-order chi connectivity index (χ0) is 24.5. The molecule has 184 valence electrons. The zero-order valence-electron chi connectivity index (χ0n) is 19.9. The van der Waals surface area contributed by atoms with Crippen molar-refractivity contribution in [1.29, 1.82) is 0 Å². The molecule has 0 aliphatic carbocycles. The number of hydrogen-bond donors (Lipinski definition) is 1. The largest absolute Gasteiger partial charge is 0.444 e. The number of benzene rings is 1. The number of carbonyl (C=O) groups excluding carboxylic acids is 2.